The van der Waals surface area contributed by atoms with Gasteiger partial charge in [-0.3, -0.25) is 0 Å². The molecule has 0 atom stereocenters. The van der Waals surface area contributed by atoms with Gasteiger partial charge in [0, 0.05) is 12.2 Å². The number of hydrogen-bond acceptors (Lipinski definition) is 5. The van der Waals surface area contributed by atoms with E-state index in [0.717, 1.165) is 11.3 Å². The Hall–Kier alpha value is -2.11. The molecule has 6 nitrogen and oxygen atoms in total. The van der Waals surface area contributed by atoms with Crippen molar-refractivity contribution in [2.45, 2.75) is 6.54 Å². The molecule has 0 aliphatic rings. The third-order valence-corrected chi connectivity index (χ3v) is 1.75. The average molecular weight is 190 g/mol. The maximum Gasteiger partial charge on any atom is 0.263 e. The molecule has 2 rings (SSSR count). The molecule has 0 spiro atoms. The fourth-order valence-electron chi connectivity index (χ4n) is 1.12. The smallest absolute Gasteiger partial charge is 0.263 e. The SMILES string of the molecule is Nc1cccc(CNc2nn[nH]n2)c1. The monoisotopic (exact) mass is 190 g/mol. The van der Waals surface area contributed by atoms with Crippen molar-refractivity contribution in [2.75, 3.05) is 11.1 Å². The fourth-order valence-corrected chi connectivity index (χ4v) is 1.12. The molecule has 1 aromatic carbocycles. The van der Waals surface area contributed by atoms with Crippen molar-refractivity contribution in [3.8, 4) is 0 Å². The summed E-state index contributed by atoms with van der Waals surface area (Å²) in [6.07, 6.45) is 0. The van der Waals surface area contributed by atoms with Gasteiger partial charge in [0.15, 0.2) is 0 Å². The maximum absolute atomic E-state index is 5.63. The third kappa shape index (κ3) is 1.98. The molecule has 6 heteroatoms. The van der Waals surface area contributed by atoms with Gasteiger partial charge in [0.25, 0.3) is 5.95 Å². The Balaban J connectivity index is 1.98. The first-order valence-electron chi connectivity index (χ1n) is 4.16. The maximum atomic E-state index is 5.63. The molecule has 72 valence electrons. The topological polar surface area (TPSA) is 92.5 Å². The summed E-state index contributed by atoms with van der Waals surface area (Å²) >= 11 is 0. The number of rotatable bonds is 3. The highest BCUT2D eigenvalue weighted by atomic mass is 15.5. The van der Waals surface area contributed by atoms with Gasteiger partial charge < -0.3 is 11.1 Å². The van der Waals surface area contributed by atoms with Crippen molar-refractivity contribution < 1.29 is 0 Å². The van der Waals surface area contributed by atoms with E-state index in [4.69, 9.17) is 5.73 Å². The number of aromatic amines is 1. The normalized spacial score (nSPS) is 10.0. The molecular weight excluding hydrogens is 180 g/mol. The Labute approximate surface area is 80.5 Å². The predicted molar refractivity (Wildman–Crippen MR) is 52.4 cm³/mol. The molecule has 4 N–H and O–H groups in total. The van der Waals surface area contributed by atoms with Gasteiger partial charge in [-0.15, -0.1) is 5.10 Å². The van der Waals surface area contributed by atoms with E-state index in [0.29, 0.717) is 12.5 Å². The molecule has 0 saturated carbocycles. The van der Waals surface area contributed by atoms with E-state index in [1.165, 1.54) is 0 Å². The second-order valence-corrected chi connectivity index (χ2v) is 2.83. The van der Waals surface area contributed by atoms with Crippen molar-refractivity contribution in [1.82, 2.24) is 20.6 Å². The van der Waals surface area contributed by atoms with Crippen LogP contribution in [0.25, 0.3) is 0 Å². The quantitative estimate of drug-likeness (QED) is 0.609. The van der Waals surface area contributed by atoms with Gasteiger partial charge in [-0.2, -0.15) is 5.21 Å². The summed E-state index contributed by atoms with van der Waals surface area (Å²) in [5.41, 5.74) is 7.46. The molecule has 0 aliphatic heterocycles. The lowest BCUT2D eigenvalue weighted by Gasteiger charge is -2.02. The van der Waals surface area contributed by atoms with Gasteiger partial charge in [-0.1, -0.05) is 17.2 Å². The van der Waals surface area contributed by atoms with Crippen molar-refractivity contribution in [3.63, 3.8) is 0 Å². The molecule has 0 fully saturated rings. The van der Waals surface area contributed by atoms with Crippen LogP contribution in [0.5, 0.6) is 0 Å². The summed E-state index contributed by atoms with van der Waals surface area (Å²) in [5, 5.41) is 16.3. The van der Waals surface area contributed by atoms with Crippen LogP contribution >= 0.6 is 0 Å². The minimum absolute atomic E-state index is 0.479. The molecule has 1 aromatic heterocycles. The number of H-pyrrole nitrogens is 1. The third-order valence-electron chi connectivity index (χ3n) is 1.75. The number of benzene rings is 1. The predicted octanol–water partition coefficient (Wildman–Crippen LogP) is 0.394. The summed E-state index contributed by atoms with van der Waals surface area (Å²) in [6, 6.07) is 7.62. The second kappa shape index (κ2) is 3.73. The van der Waals surface area contributed by atoms with E-state index in [1.807, 2.05) is 24.3 Å². The number of nitrogen functional groups attached to an aromatic ring is 1. The molecule has 14 heavy (non-hydrogen) atoms. The number of hydrogen-bond donors (Lipinski definition) is 3. The van der Waals surface area contributed by atoms with Crippen molar-refractivity contribution in [2.24, 2.45) is 0 Å². The van der Waals surface area contributed by atoms with Gasteiger partial charge >= 0.3 is 0 Å². The summed E-state index contributed by atoms with van der Waals surface area (Å²) in [5.74, 6) is 0.479. The zero-order valence-electron chi connectivity index (χ0n) is 7.44. The van der Waals surface area contributed by atoms with Gasteiger partial charge in [-0.05, 0) is 22.9 Å². The molecule has 0 aliphatic carbocycles. The molecule has 0 saturated heterocycles. The van der Waals surface area contributed by atoms with Crippen molar-refractivity contribution >= 4 is 11.6 Å². The number of nitrogens with zero attached hydrogens (tertiary/aromatic N) is 3. The van der Waals surface area contributed by atoms with Crippen molar-refractivity contribution in [3.05, 3.63) is 29.8 Å². The lowest BCUT2D eigenvalue weighted by atomic mass is 10.2. The largest absolute Gasteiger partial charge is 0.399 e. The van der Waals surface area contributed by atoms with Crippen LogP contribution in [0.15, 0.2) is 24.3 Å². The molecule has 0 bridgehead atoms. The van der Waals surface area contributed by atoms with E-state index in [-0.39, 0.29) is 0 Å². The van der Waals surface area contributed by atoms with E-state index in [9.17, 15) is 0 Å². The Morgan fingerprint density at radius 3 is 3.07 bits per heavy atom. The molecular formula is C8H10N6. The van der Waals surface area contributed by atoms with Gasteiger partial charge in [0.05, 0.1) is 0 Å². The van der Waals surface area contributed by atoms with Gasteiger partial charge in [0.1, 0.15) is 0 Å². The Morgan fingerprint density at radius 1 is 1.43 bits per heavy atom. The lowest BCUT2D eigenvalue weighted by molar-refractivity contribution is 0.881. The van der Waals surface area contributed by atoms with Crippen molar-refractivity contribution in [1.29, 1.82) is 0 Å². The summed E-state index contributed by atoms with van der Waals surface area (Å²) < 4.78 is 0. The molecule has 0 radical (unpaired) electrons. The number of nitrogens with two attached hydrogens (primary N) is 1. The lowest BCUT2D eigenvalue weighted by Crippen LogP contribution is -2.01. The average Bonchev–Trinajstić information content (AvgIpc) is 2.67. The van der Waals surface area contributed by atoms with E-state index >= 15 is 0 Å². The molecule has 0 amide bonds. The Bertz CT molecular complexity index is 396. The van der Waals surface area contributed by atoms with Crippen LogP contribution in [0, 0.1) is 0 Å². The fraction of sp³-hybridized carbons (Fsp3) is 0.125. The number of nitrogens with one attached hydrogen (secondary N) is 2. The van der Waals surface area contributed by atoms with Crippen LogP contribution in [0.1, 0.15) is 5.56 Å². The first-order chi connectivity index (χ1) is 6.84. The first-order valence-corrected chi connectivity index (χ1v) is 4.16. The highest BCUT2D eigenvalue weighted by Crippen LogP contribution is 2.07. The zero-order chi connectivity index (χ0) is 9.80. The first kappa shape index (κ1) is 8.49. The zero-order valence-corrected chi connectivity index (χ0v) is 7.44. The van der Waals surface area contributed by atoms with Gasteiger partial charge in [0.2, 0.25) is 0 Å². The number of anilines is 2. The van der Waals surface area contributed by atoms with E-state index in [1.54, 1.807) is 0 Å². The molecule has 0 unspecified atom stereocenters. The Morgan fingerprint density at radius 2 is 2.36 bits per heavy atom. The summed E-state index contributed by atoms with van der Waals surface area (Å²) in [6.45, 7) is 0.630. The molecule has 1 heterocycles. The standard InChI is InChI=1S/C8H10N6/c9-7-3-1-2-6(4-7)5-10-8-11-13-14-12-8/h1-4H,5,9H2,(H2,10,11,12,13,14). The van der Waals surface area contributed by atoms with Crippen LogP contribution in [0.3, 0.4) is 0 Å². The molecule has 2 aromatic rings. The highest BCUT2D eigenvalue weighted by molar-refractivity contribution is 5.41. The van der Waals surface area contributed by atoms with Crippen LogP contribution in [0.4, 0.5) is 11.6 Å². The minimum atomic E-state index is 0.479. The van der Waals surface area contributed by atoms with E-state index < -0.39 is 0 Å². The van der Waals surface area contributed by atoms with E-state index in [2.05, 4.69) is 25.9 Å². The minimum Gasteiger partial charge on any atom is -0.399 e. The summed E-state index contributed by atoms with van der Waals surface area (Å²) in [4.78, 5) is 0. The number of tetrazole rings is 1. The number of aromatic nitrogens is 4. The van der Waals surface area contributed by atoms with Crippen LogP contribution in [-0.2, 0) is 6.54 Å². The Kier molecular flexibility index (Phi) is 2.26. The van der Waals surface area contributed by atoms with Crippen LogP contribution < -0.4 is 11.1 Å². The second-order valence-electron chi connectivity index (χ2n) is 2.83. The summed E-state index contributed by atoms with van der Waals surface area (Å²) in [7, 11) is 0. The van der Waals surface area contributed by atoms with Gasteiger partial charge in [-0.25, -0.2) is 0 Å². The van der Waals surface area contributed by atoms with Crippen LogP contribution in [0.2, 0.25) is 0 Å². The highest BCUT2D eigenvalue weighted by Gasteiger charge is 1.97. The van der Waals surface area contributed by atoms with Crippen LogP contribution in [-0.4, -0.2) is 20.6 Å².